The van der Waals surface area contributed by atoms with E-state index in [1.54, 1.807) is 57.7 Å². The van der Waals surface area contributed by atoms with Crippen LogP contribution in [-0.4, -0.2) is 27.2 Å². The largest absolute Gasteiger partial charge is 0.493 e. The highest BCUT2D eigenvalue weighted by Crippen LogP contribution is 2.39. The second-order valence-electron chi connectivity index (χ2n) is 5.24. The molecule has 6 heteroatoms. The van der Waals surface area contributed by atoms with Crippen LogP contribution in [-0.2, 0) is 0 Å². The van der Waals surface area contributed by atoms with Crippen molar-refractivity contribution in [1.82, 2.24) is 5.32 Å². The third kappa shape index (κ3) is 3.53. The first kappa shape index (κ1) is 17.5. The molecule has 24 heavy (non-hydrogen) atoms. The van der Waals surface area contributed by atoms with Crippen LogP contribution in [0.2, 0.25) is 0 Å². The third-order valence-corrected chi connectivity index (χ3v) is 3.74. The zero-order valence-electron chi connectivity index (χ0n) is 14.3. The Morgan fingerprint density at radius 2 is 1.62 bits per heavy atom. The summed E-state index contributed by atoms with van der Waals surface area (Å²) in [5, 5.41) is 2.92. The Bertz CT molecular complexity index is 706. The zero-order valence-corrected chi connectivity index (χ0v) is 14.3. The molecule has 1 atom stereocenters. The fourth-order valence-electron chi connectivity index (χ4n) is 2.41. The molecule has 0 aliphatic heterocycles. The monoisotopic (exact) mass is 330 g/mol. The summed E-state index contributed by atoms with van der Waals surface area (Å²) < 4.78 is 16.0. The summed E-state index contributed by atoms with van der Waals surface area (Å²) in [6.45, 7) is 1.87. The number of hydrogen-bond donors (Lipinski definition) is 2. The standard InChI is InChI=1S/C18H22N2O4/c1-11(20-18(21)13-7-5-6-8-14(13)19)12-9-15(22-2)17(24-4)16(10-12)23-3/h5-11H,19H2,1-4H3,(H,20,21). The van der Waals surface area contributed by atoms with E-state index < -0.39 is 0 Å². The van der Waals surface area contributed by atoms with Gasteiger partial charge in [-0.05, 0) is 36.8 Å². The molecule has 2 rings (SSSR count). The van der Waals surface area contributed by atoms with Gasteiger partial charge in [0.2, 0.25) is 5.75 Å². The Morgan fingerprint density at radius 1 is 1.04 bits per heavy atom. The van der Waals surface area contributed by atoms with E-state index in [9.17, 15) is 4.79 Å². The molecule has 0 aliphatic carbocycles. The van der Waals surface area contributed by atoms with Crippen molar-refractivity contribution in [2.75, 3.05) is 27.1 Å². The van der Waals surface area contributed by atoms with Gasteiger partial charge in [-0.2, -0.15) is 0 Å². The lowest BCUT2D eigenvalue weighted by Crippen LogP contribution is -2.27. The molecule has 1 amide bonds. The van der Waals surface area contributed by atoms with Crippen molar-refractivity contribution < 1.29 is 19.0 Å². The van der Waals surface area contributed by atoms with Crippen LogP contribution in [0.5, 0.6) is 17.2 Å². The number of hydrogen-bond acceptors (Lipinski definition) is 5. The number of anilines is 1. The Labute approximate surface area is 141 Å². The highest BCUT2D eigenvalue weighted by molar-refractivity contribution is 5.99. The van der Waals surface area contributed by atoms with Gasteiger partial charge in [0.15, 0.2) is 11.5 Å². The van der Waals surface area contributed by atoms with E-state index in [0.717, 1.165) is 5.56 Å². The molecule has 0 saturated heterocycles. The van der Waals surface area contributed by atoms with Gasteiger partial charge in [-0.25, -0.2) is 0 Å². The van der Waals surface area contributed by atoms with Gasteiger partial charge >= 0.3 is 0 Å². The highest BCUT2D eigenvalue weighted by atomic mass is 16.5. The van der Waals surface area contributed by atoms with Crippen molar-refractivity contribution in [2.45, 2.75) is 13.0 Å². The molecule has 128 valence electrons. The van der Waals surface area contributed by atoms with Gasteiger partial charge in [0.25, 0.3) is 5.91 Å². The van der Waals surface area contributed by atoms with Crippen LogP contribution in [0.15, 0.2) is 36.4 Å². The molecule has 0 aromatic heterocycles. The molecule has 0 spiro atoms. The average molecular weight is 330 g/mol. The Morgan fingerprint density at radius 3 is 2.12 bits per heavy atom. The number of nitrogens with one attached hydrogen (secondary N) is 1. The van der Waals surface area contributed by atoms with E-state index in [1.165, 1.54) is 0 Å². The van der Waals surface area contributed by atoms with Gasteiger partial charge < -0.3 is 25.3 Å². The van der Waals surface area contributed by atoms with Gasteiger partial charge in [-0.3, -0.25) is 4.79 Å². The van der Waals surface area contributed by atoms with Crippen LogP contribution in [0.25, 0.3) is 0 Å². The van der Waals surface area contributed by atoms with Crippen LogP contribution >= 0.6 is 0 Å². The predicted octanol–water partition coefficient (Wildman–Crippen LogP) is 2.79. The molecule has 0 saturated carbocycles. The number of amides is 1. The summed E-state index contributed by atoms with van der Waals surface area (Å²) in [7, 11) is 4.65. The van der Waals surface area contributed by atoms with E-state index in [0.29, 0.717) is 28.5 Å². The van der Waals surface area contributed by atoms with Gasteiger partial charge in [-0.1, -0.05) is 12.1 Å². The quantitative estimate of drug-likeness (QED) is 0.796. The number of nitrogen functional groups attached to an aromatic ring is 1. The number of ether oxygens (including phenoxy) is 3. The molecule has 2 aromatic carbocycles. The van der Waals surface area contributed by atoms with Gasteiger partial charge in [0, 0.05) is 5.69 Å². The summed E-state index contributed by atoms with van der Waals surface area (Å²) >= 11 is 0. The predicted molar refractivity (Wildman–Crippen MR) is 92.8 cm³/mol. The first-order valence-electron chi connectivity index (χ1n) is 7.47. The number of para-hydroxylation sites is 1. The number of carbonyl (C=O) groups is 1. The van der Waals surface area contributed by atoms with Crippen molar-refractivity contribution in [1.29, 1.82) is 0 Å². The Hall–Kier alpha value is -2.89. The van der Waals surface area contributed by atoms with Gasteiger partial charge in [-0.15, -0.1) is 0 Å². The third-order valence-electron chi connectivity index (χ3n) is 3.74. The van der Waals surface area contributed by atoms with Gasteiger partial charge in [0.05, 0.1) is 32.9 Å². The van der Waals surface area contributed by atoms with E-state index >= 15 is 0 Å². The molecular weight excluding hydrogens is 308 g/mol. The second-order valence-corrected chi connectivity index (χ2v) is 5.24. The van der Waals surface area contributed by atoms with Crippen LogP contribution in [0.3, 0.4) is 0 Å². The molecule has 0 bridgehead atoms. The lowest BCUT2D eigenvalue weighted by molar-refractivity contribution is 0.0940. The summed E-state index contributed by atoms with van der Waals surface area (Å²) in [5.74, 6) is 1.34. The smallest absolute Gasteiger partial charge is 0.253 e. The van der Waals surface area contributed by atoms with E-state index in [4.69, 9.17) is 19.9 Å². The number of nitrogens with two attached hydrogens (primary N) is 1. The Kier molecular flexibility index (Phi) is 5.52. The fraction of sp³-hybridized carbons (Fsp3) is 0.278. The maximum absolute atomic E-state index is 12.4. The first-order valence-corrected chi connectivity index (χ1v) is 7.47. The molecule has 6 nitrogen and oxygen atoms in total. The number of carbonyl (C=O) groups excluding carboxylic acids is 1. The minimum atomic E-state index is -0.272. The molecular formula is C18H22N2O4. The Balaban J connectivity index is 2.28. The maximum atomic E-state index is 12.4. The highest BCUT2D eigenvalue weighted by Gasteiger charge is 2.18. The topological polar surface area (TPSA) is 82.8 Å². The summed E-state index contributed by atoms with van der Waals surface area (Å²) in [6, 6.07) is 10.3. The molecule has 0 radical (unpaired) electrons. The molecule has 0 aliphatic rings. The SMILES string of the molecule is COc1cc(C(C)NC(=O)c2ccccc2N)cc(OC)c1OC. The maximum Gasteiger partial charge on any atom is 0.253 e. The van der Waals surface area contributed by atoms with E-state index in [-0.39, 0.29) is 11.9 Å². The fourth-order valence-corrected chi connectivity index (χ4v) is 2.41. The van der Waals surface area contributed by atoms with Crippen molar-refractivity contribution >= 4 is 11.6 Å². The molecule has 0 heterocycles. The summed E-state index contributed by atoms with van der Waals surface area (Å²) in [4.78, 5) is 12.4. The van der Waals surface area contributed by atoms with E-state index in [2.05, 4.69) is 5.32 Å². The summed E-state index contributed by atoms with van der Waals surface area (Å²) in [6.07, 6.45) is 0. The molecule has 3 N–H and O–H groups in total. The van der Waals surface area contributed by atoms with Crippen molar-refractivity contribution in [3.05, 3.63) is 47.5 Å². The average Bonchev–Trinajstić information content (AvgIpc) is 2.60. The zero-order chi connectivity index (χ0) is 17.7. The molecule has 1 unspecified atom stereocenters. The molecule has 0 fully saturated rings. The van der Waals surface area contributed by atoms with Crippen LogP contribution in [0.4, 0.5) is 5.69 Å². The van der Waals surface area contributed by atoms with Crippen molar-refractivity contribution in [3.63, 3.8) is 0 Å². The van der Waals surface area contributed by atoms with Crippen LogP contribution < -0.4 is 25.3 Å². The van der Waals surface area contributed by atoms with Crippen LogP contribution in [0.1, 0.15) is 28.9 Å². The lowest BCUT2D eigenvalue weighted by Gasteiger charge is -2.19. The van der Waals surface area contributed by atoms with Crippen molar-refractivity contribution in [2.24, 2.45) is 0 Å². The minimum absolute atomic E-state index is 0.241. The second kappa shape index (κ2) is 7.59. The van der Waals surface area contributed by atoms with E-state index in [1.807, 2.05) is 6.92 Å². The lowest BCUT2D eigenvalue weighted by atomic mass is 10.1. The number of methoxy groups -OCH3 is 3. The summed E-state index contributed by atoms with van der Waals surface area (Å²) in [5.41, 5.74) is 7.55. The number of benzene rings is 2. The van der Waals surface area contributed by atoms with Crippen molar-refractivity contribution in [3.8, 4) is 17.2 Å². The normalized spacial score (nSPS) is 11.5. The van der Waals surface area contributed by atoms with Gasteiger partial charge in [0.1, 0.15) is 0 Å². The number of rotatable bonds is 6. The first-order chi connectivity index (χ1) is 11.5. The van der Waals surface area contributed by atoms with Crippen LogP contribution in [0, 0.1) is 0 Å². The molecule has 2 aromatic rings. The minimum Gasteiger partial charge on any atom is -0.493 e.